The maximum atomic E-state index is 13.2. The second-order valence-electron chi connectivity index (χ2n) is 4.53. The number of rotatable bonds is 1. The highest BCUT2D eigenvalue weighted by molar-refractivity contribution is 6.36. The molecule has 1 aliphatic rings. The molecule has 1 N–H and O–H groups in total. The molecule has 3 rings (SSSR count). The Morgan fingerprint density at radius 1 is 1.10 bits per heavy atom. The van der Waals surface area contributed by atoms with Crippen molar-refractivity contribution in [2.75, 3.05) is 11.9 Å². The number of carbonyl (C=O) groups is 1. The summed E-state index contributed by atoms with van der Waals surface area (Å²) < 4.78 is 13.2. The number of hydrogen-bond acceptors (Lipinski definition) is 2. The number of carbonyl (C=O) groups excluding carboxylic acids is 1. The lowest BCUT2D eigenvalue weighted by Crippen LogP contribution is -2.13. The van der Waals surface area contributed by atoms with Crippen LogP contribution < -0.4 is 5.32 Å². The molecule has 0 atom stereocenters. The van der Waals surface area contributed by atoms with Crippen molar-refractivity contribution in [2.45, 2.75) is 0 Å². The molecule has 2 aromatic carbocycles. The third kappa shape index (κ3) is 2.77. The van der Waals surface area contributed by atoms with Crippen LogP contribution in [-0.2, 0) is 4.79 Å². The first-order valence-electron chi connectivity index (χ1n) is 6.14. The van der Waals surface area contributed by atoms with Gasteiger partial charge in [-0.1, -0.05) is 23.2 Å². The van der Waals surface area contributed by atoms with Gasteiger partial charge in [-0.05, 0) is 36.4 Å². The van der Waals surface area contributed by atoms with E-state index in [4.69, 9.17) is 23.2 Å². The number of aliphatic imine (C=N–C) groups is 1. The number of nitrogens with one attached hydrogen (secondary N) is 1. The smallest absolute Gasteiger partial charge is 0.246 e. The number of nitrogens with zero attached hydrogens (tertiary/aromatic N) is 1. The summed E-state index contributed by atoms with van der Waals surface area (Å²) in [6.07, 6.45) is 0. The van der Waals surface area contributed by atoms with Crippen LogP contribution in [0.1, 0.15) is 11.1 Å². The van der Waals surface area contributed by atoms with E-state index in [9.17, 15) is 9.18 Å². The average molecular weight is 323 g/mol. The second kappa shape index (κ2) is 5.47. The molecule has 2 aromatic rings. The molecule has 0 fully saturated rings. The standard InChI is InChI=1S/C15H9Cl2FN2O/c16-8-1-4-13-11(5-8)15(19-7-14(21)20-13)10-3-2-9(18)6-12(10)17/h1-6H,7H2,(H,20,21). The summed E-state index contributed by atoms with van der Waals surface area (Å²) in [6.45, 7) is -0.0324. The van der Waals surface area contributed by atoms with Crippen LogP contribution in [0.3, 0.4) is 0 Å². The first kappa shape index (κ1) is 14.0. The second-order valence-corrected chi connectivity index (χ2v) is 5.37. The molecule has 1 amide bonds. The van der Waals surface area contributed by atoms with Crippen LogP contribution in [0.25, 0.3) is 0 Å². The Hall–Kier alpha value is -1.91. The van der Waals surface area contributed by atoms with Gasteiger partial charge in [0.2, 0.25) is 5.91 Å². The highest BCUT2D eigenvalue weighted by atomic mass is 35.5. The van der Waals surface area contributed by atoms with Gasteiger partial charge < -0.3 is 5.32 Å². The van der Waals surface area contributed by atoms with Crippen LogP contribution in [0, 0.1) is 5.82 Å². The summed E-state index contributed by atoms with van der Waals surface area (Å²) in [6, 6.07) is 9.12. The van der Waals surface area contributed by atoms with Gasteiger partial charge in [0, 0.05) is 16.1 Å². The first-order chi connectivity index (χ1) is 10.0. The van der Waals surface area contributed by atoms with E-state index in [1.165, 1.54) is 18.2 Å². The number of halogens is 3. The normalized spacial score (nSPS) is 14.0. The fourth-order valence-corrected chi connectivity index (χ4v) is 2.59. The van der Waals surface area contributed by atoms with Gasteiger partial charge in [-0.3, -0.25) is 9.79 Å². The molecule has 1 heterocycles. The lowest BCUT2D eigenvalue weighted by Gasteiger charge is -2.11. The van der Waals surface area contributed by atoms with Crippen molar-refractivity contribution in [3.63, 3.8) is 0 Å². The Labute approximate surface area is 130 Å². The maximum absolute atomic E-state index is 13.2. The van der Waals surface area contributed by atoms with Gasteiger partial charge in [-0.15, -0.1) is 0 Å². The van der Waals surface area contributed by atoms with E-state index in [1.54, 1.807) is 18.2 Å². The third-order valence-electron chi connectivity index (χ3n) is 3.08. The molecular formula is C15H9Cl2FN2O. The van der Waals surface area contributed by atoms with Crippen molar-refractivity contribution >= 4 is 40.5 Å². The summed E-state index contributed by atoms with van der Waals surface area (Å²) in [5.74, 6) is -0.662. The zero-order valence-corrected chi connectivity index (χ0v) is 12.2. The van der Waals surface area contributed by atoms with Gasteiger partial charge in [0.15, 0.2) is 0 Å². The van der Waals surface area contributed by atoms with E-state index in [0.717, 1.165) is 0 Å². The molecule has 0 aromatic heterocycles. The van der Waals surface area contributed by atoms with Crippen molar-refractivity contribution in [3.8, 4) is 0 Å². The van der Waals surface area contributed by atoms with Gasteiger partial charge in [0.05, 0.1) is 16.4 Å². The molecule has 0 unspecified atom stereocenters. The Morgan fingerprint density at radius 3 is 2.67 bits per heavy atom. The van der Waals surface area contributed by atoms with Crippen LogP contribution in [0.4, 0.5) is 10.1 Å². The molecule has 0 radical (unpaired) electrons. The van der Waals surface area contributed by atoms with Gasteiger partial charge in [0.1, 0.15) is 12.4 Å². The molecular weight excluding hydrogens is 314 g/mol. The number of benzene rings is 2. The fourth-order valence-electron chi connectivity index (χ4n) is 2.16. The van der Waals surface area contributed by atoms with Crippen molar-refractivity contribution in [3.05, 3.63) is 63.4 Å². The molecule has 0 spiro atoms. The molecule has 0 saturated heterocycles. The molecule has 21 heavy (non-hydrogen) atoms. The summed E-state index contributed by atoms with van der Waals surface area (Å²) in [4.78, 5) is 16.0. The summed E-state index contributed by atoms with van der Waals surface area (Å²) in [5, 5.41) is 3.49. The number of fused-ring (bicyclic) bond motifs is 1. The number of amides is 1. The lowest BCUT2D eigenvalue weighted by molar-refractivity contribution is -0.114. The van der Waals surface area contributed by atoms with E-state index in [1.807, 2.05) is 0 Å². The molecule has 1 aliphatic heterocycles. The van der Waals surface area contributed by atoms with Crippen molar-refractivity contribution in [2.24, 2.45) is 4.99 Å². The number of hydrogen-bond donors (Lipinski definition) is 1. The van der Waals surface area contributed by atoms with Crippen LogP contribution in [0.15, 0.2) is 41.4 Å². The van der Waals surface area contributed by atoms with E-state index in [2.05, 4.69) is 10.3 Å². The molecule has 0 bridgehead atoms. The largest absolute Gasteiger partial charge is 0.324 e. The molecule has 6 heteroatoms. The van der Waals surface area contributed by atoms with Crippen LogP contribution >= 0.6 is 23.2 Å². The highest BCUT2D eigenvalue weighted by Crippen LogP contribution is 2.29. The maximum Gasteiger partial charge on any atom is 0.246 e. The lowest BCUT2D eigenvalue weighted by atomic mass is 10.0. The van der Waals surface area contributed by atoms with Gasteiger partial charge >= 0.3 is 0 Å². The van der Waals surface area contributed by atoms with Crippen LogP contribution in [0.2, 0.25) is 10.0 Å². The fraction of sp³-hybridized carbons (Fsp3) is 0.0667. The minimum atomic E-state index is -0.432. The number of anilines is 1. The quantitative estimate of drug-likeness (QED) is 0.849. The Morgan fingerprint density at radius 2 is 1.90 bits per heavy atom. The average Bonchev–Trinajstić information content (AvgIpc) is 2.58. The summed E-state index contributed by atoms with van der Waals surface area (Å²) in [7, 11) is 0. The Balaban J connectivity index is 2.22. The topological polar surface area (TPSA) is 41.5 Å². The summed E-state index contributed by atoms with van der Waals surface area (Å²) >= 11 is 12.1. The van der Waals surface area contributed by atoms with E-state index in [0.29, 0.717) is 27.5 Å². The van der Waals surface area contributed by atoms with Gasteiger partial charge in [-0.2, -0.15) is 0 Å². The monoisotopic (exact) mass is 322 g/mol. The number of benzodiazepines with no additional fused rings is 1. The zero-order valence-electron chi connectivity index (χ0n) is 10.7. The zero-order chi connectivity index (χ0) is 15.0. The van der Waals surface area contributed by atoms with Crippen molar-refractivity contribution < 1.29 is 9.18 Å². The minimum Gasteiger partial charge on any atom is -0.324 e. The highest BCUT2D eigenvalue weighted by Gasteiger charge is 2.20. The van der Waals surface area contributed by atoms with Crippen LogP contribution in [0.5, 0.6) is 0 Å². The molecule has 3 nitrogen and oxygen atoms in total. The SMILES string of the molecule is O=C1CN=C(c2ccc(F)cc2Cl)c2cc(Cl)ccc2N1. The molecule has 0 saturated carbocycles. The van der Waals surface area contributed by atoms with Gasteiger partial charge in [-0.25, -0.2) is 4.39 Å². The Bertz CT molecular complexity index is 774. The summed E-state index contributed by atoms with van der Waals surface area (Å²) in [5.41, 5.74) is 2.32. The molecule has 106 valence electrons. The van der Waals surface area contributed by atoms with Crippen molar-refractivity contribution in [1.82, 2.24) is 0 Å². The molecule has 0 aliphatic carbocycles. The first-order valence-corrected chi connectivity index (χ1v) is 6.90. The minimum absolute atomic E-state index is 0.0324. The van der Waals surface area contributed by atoms with E-state index >= 15 is 0 Å². The predicted molar refractivity (Wildman–Crippen MR) is 82.0 cm³/mol. The van der Waals surface area contributed by atoms with Crippen LogP contribution in [-0.4, -0.2) is 18.2 Å². The van der Waals surface area contributed by atoms with Crippen molar-refractivity contribution in [1.29, 1.82) is 0 Å². The van der Waals surface area contributed by atoms with E-state index < -0.39 is 5.82 Å². The Kier molecular flexibility index (Phi) is 3.66. The van der Waals surface area contributed by atoms with E-state index in [-0.39, 0.29) is 17.5 Å². The third-order valence-corrected chi connectivity index (χ3v) is 3.63. The predicted octanol–water partition coefficient (Wildman–Crippen LogP) is 3.92. The van der Waals surface area contributed by atoms with Gasteiger partial charge in [0.25, 0.3) is 0 Å².